The molecule has 242 valence electrons. The van der Waals surface area contributed by atoms with E-state index in [2.05, 4.69) is 49.7 Å². The van der Waals surface area contributed by atoms with Gasteiger partial charge in [-0.3, -0.25) is 4.57 Å². The molecule has 0 bridgehead atoms. The van der Waals surface area contributed by atoms with Crippen molar-refractivity contribution in [2.24, 2.45) is 12.0 Å². The molecule has 47 heavy (non-hydrogen) atoms. The molecule has 2 heterocycles. The van der Waals surface area contributed by atoms with Crippen molar-refractivity contribution in [3.63, 3.8) is 0 Å². The van der Waals surface area contributed by atoms with Crippen molar-refractivity contribution in [3.8, 4) is 17.2 Å². The number of aromatic nitrogens is 2. The summed E-state index contributed by atoms with van der Waals surface area (Å²) in [7, 11) is 5.24. The molecule has 0 N–H and O–H groups in total. The van der Waals surface area contributed by atoms with E-state index in [0.717, 1.165) is 58.2 Å². The Morgan fingerprint density at radius 1 is 0.915 bits per heavy atom. The van der Waals surface area contributed by atoms with E-state index in [4.69, 9.17) is 28.9 Å². The number of benzene rings is 4. The summed E-state index contributed by atoms with van der Waals surface area (Å²) in [6.45, 7) is 6.76. The predicted molar refractivity (Wildman–Crippen MR) is 185 cm³/mol. The van der Waals surface area contributed by atoms with Crippen LogP contribution in [0.25, 0.3) is 11.0 Å². The summed E-state index contributed by atoms with van der Waals surface area (Å²) in [6.07, 6.45) is 0.689. The molecule has 0 saturated heterocycles. The second-order valence-electron chi connectivity index (χ2n) is 11.7. The lowest BCUT2D eigenvalue weighted by molar-refractivity contribution is -0.151. The fourth-order valence-corrected chi connectivity index (χ4v) is 6.44. The molecule has 2 atom stereocenters. The van der Waals surface area contributed by atoms with Gasteiger partial charge in [0.1, 0.15) is 12.2 Å². The molecule has 2 unspecified atom stereocenters. The fraction of sp³-hybridized carbons (Fsp3) is 0.289. The standard InChI is InChI=1S/C38H41N4O5/c1-7-14-34-39-29-20-19-25(3)21-31(29)42(34,38-40-28-17-12-13-18-30(28)41(38)4)24-26-22-32(44-5)36(33(23-26)45-6)47-35(37(43)46-8-2)27-15-10-9-11-16-27/h9-13,15-23,35H,7-8,14,24H2,1-6H3/q+1. The van der Waals surface area contributed by atoms with Crippen LogP contribution in [-0.4, -0.2) is 42.2 Å². The molecule has 1 aliphatic rings. The molecular formula is C38H41N4O5+. The fourth-order valence-electron chi connectivity index (χ4n) is 6.44. The largest absolute Gasteiger partial charge is 0.493 e. The number of nitrogens with zero attached hydrogens (tertiary/aromatic N) is 4. The van der Waals surface area contributed by atoms with Crippen LogP contribution in [0.4, 0.5) is 17.3 Å². The van der Waals surface area contributed by atoms with Crippen molar-refractivity contribution >= 4 is 40.2 Å². The highest BCUT2D eigenvalue weighted by atomic mass is 16.6. The zero-order valence-electron chi connectivity index (χ0n) is 27.8. The SMILES string of the molecule is CCCC1=Nc2ccc(C)cc2[N+]1(Cc1cc(OC)c(OC(C(=O)OCC)c2ccccc2)c(OC)c1)c1nc2ccccc2n1C. The first-order valence-corrected chi connectivity index (χ1v) is 16.0. The lowest BCUT2D eigenvalue weighted by atomic mass is 10.1. The molecule has 0 amide bonds. The van der Waals surface area contributed by atoms with Crippen LogP contribution in [0.2, 0.25) is 0 Å². The molecular weight excluding hydrogens is 592 g/mol. The van der Waals surface area contributed by atoms with Crippen LogP contribution in [0.3, 0.4) is 0 Å². The quantitative estimate of drug-likeness (QED) is 0.102. The first-order valence-electron chi connectivity index (χ1n) is 16.0. The minimum absolute atomic E-state index is 0.226. The summed E-state index contributed by atoms with van der Waals surface area (Å²) in [5.74, 6) is 2.57. The van der Waals surface area contributed by atoms with Crippen LogP contribution in [0.1, 0.15) is 49.5 Å². The van der Waals surface area contributed by atoms with Crippen LogP contribution in [-0.2, 0) is 23.1 Å². The highest BCUT2D eigenvalue weighted by Gasteiger charge is 2.49. The molecule has 1 aromatic heterocycles. The molecule has 4 aromatic carbocycles. The summed E-state index contributed by atoms with van der Waals surface area (Å²) < 4.78 is 26.2. The smallest absolute Gasteiger partial charge is 0.352 e. The van der Waals surface area contributed by atoms with Crippen molar-refractivity contribution < 1.29 is 23.7 Å². The number of methoxy groups -OCH3 is 2. The summed E-state index contributed by atoms with van der Waals surface area (Å²) in [6, 6.07) is 27.8. The van der Waals surface area contributed by atoms with E-state index >= 15 is 0 Å². The number of carbonyl (C=O) groups excluding carboxylic acids is 1. The van der Waals surface area contributed by atoms with Gasteiger partial charge in [0.15, 0.2) is 17.2 Å². The number of imidazole rings is 1. The minimum Gasteiger partial charge on any atom is -0.493 e. The molecule has 9 heteroatoms. The summed E-state index contributed by atoms with van der Waals surface area (Å²) in [5, 5.41) is 0. The van der Waals surface area contributed by atoms with Gasteiger partial charge < -0.3 is 18.9 Å². The molecule has 0 radical (unpaired) electrons. The summed E-state index contributed by atoms with van der Waals surface area (Å²) in [5.41, 5.74) is 6.69. The zero-order valence-corrected chi connectivity index (χ0v) is 27.8. The van der Waals surface area contributed by atoms with E-state index in [-0.39, 0.29) is 6.61 Å². The summed E-state index contributed by atoms with van der Waals surface area (Å²) >= 11 is 0. The third-order valence-electron chi connectivity index (χ3n) is 8.59. The van der Waals surface area contributed by atoms with E-state index in [9.17, 15) is 4.79 Å². The third kappa shape index (κ3) is 5.72. The molecule has 9 nitrogen and oxygen atoms in total. The molecule has 0 spiro atoms. The molecule has 0 saturated carbocycles. The Bertz CT molecular complexity index is 1930. The first kappa shape index (κ1) is 31.8. The Kier molecular flexibility index (Phi) is 9.00. The van der Waals surface area contributed by atoms with Gasteiger partial charge >= 0.3 is 11.9 Å². The molecule has 0 fully saturated rings. The monoisotopic (exact) mass is 633 g/mol. The number of esters is 1. The molecule has 5 aromatic rings. The van der Waals surface area contributed by atoms with Crippen LogP contribution < -0.4 is 18.7 Å². The number of carbonyl (C=O) groups is 1. The van der Waals surface area contributed by atoms with Crippen LogP contribution in [0, 0.1) is 6.92 Å². The predicted octanol–water partition coefficient (Wildman–Crippen LogP) is 8.27. The van der Waals surface area contributed by atoms with Gasteiger partial charge in [-0.2, -0.15) is 14.5 Å². The Labute approximate surface area is 275 Å². The van der Waals surface area contributed by atoms with E-state index in [1.54, 1.807) is 21.1 Å². The van der Waals surface area contributed by atoms with Crippen molar-refractivity contribution in [2.75, 3.05) is 20.8 Å². The van der Waals surface area contributed by atoms with E-state index in [1.165, 1.54) is 0 Å². The van der Waals surface area contributed by atoms with Gasteiger partial charge in [0.05, 0.1) is 31.9 Å². The van der Waals surface area contributed by atoms with Crippen LogP contribution in [0.15, 0.2) is 89.9 Å². The lowest BCUT2D eigenvalue weighted by Gasteiger charge is -2.33. The van der Waals surface area contributed by atoms with Gasteiger partial charge in [0.2, 0.25) is 17.7 Å². The third-order valence-corrected chi connectivity index (χ3v) is 8.59. The van der Waals surface area contributed by atoms with Crippen molar-refractivity contribution in [2.45, 2.75) is 46.3 Å². The average molecular weight is 634 g/mol. The number of hydrogen-bond donors (Lipinski definition) is 0. The maximum atomic E-state index is 13.1. The van der Waals surface area contributed by atoms with Gasteiger partial charge in [-0.05, 0) is 56.2 Å². The lowest BCUT2D eigenvalue weighted by Crippen LogP contribution is -2.48. The molecule has 6 rings (SSSR count). The van der Waals surface area contributed by atoms with Crippen molar-refractivity contribution in [1.29, 1.82) is 0 Å². The maximum Gasteiger partial charge on any atom is 0.352 e. The van der Waals surface area contributed by atoms with Gasteiger partial charge in [-0.1, -0.05) is 55.5 Å². The second kappa shape index (κ2) is 13.3. The van der Waals surface area contributed by atoms with Crippen LogP contribution in [0.5, 0.6) is 17.2 Å². The van der Waals surface area contributed by atoms with E-state index in [1.807, 2.05) is 60.7 Å². The van der Waals surface area contributed by atoms with Gasteiger partial charge in [-0.25, -0.2) is 4.79 Å². The number of hydrogen-bond acceptors (Lipinski definition) is 7. The number of ether oxygens (including phenoxy) is 4. The normalized spacial score (nSPS) is 16.0. The van der Waals surface area contributed by atoms with Crippen LogP contribution >= 0.6 is 0 Å². The van der Waals surface area contributed by atoms with Crippen molar-refractivity contribution in [1.82, 2.24) is 14.0 Å². The Morgan fingerprint density at radius 3 is 2.28 bits per heavy atom. The number of para-hydroxylation sites is 2. The molecule has 1 aliphatic heterocycles. The topological polar surface area (TPSA) is 84.2 Å². The number of quaternary nitrogens is 1. The van der Waals surface area contributed by atoms with Gasteiger partial charge in [-0.15, -0.1) is 0 Å². The highest BCUT2D eigenvalue weighted by molar-refractivity contribution is 6.06. The Morgan fingerprint density at radius 2 is 1.62 bits per heavy atom. The Balaban J connectivity index is 1.52. The van der Waals surface area contributed by atoms with E-state index in [0.29, 0.717) is 33.8 Å². The van der Waals surface area contributed by atoms with Gasteiger partial charge in [0, 0.05) is 30.7 Å². The molecule has 0 aliphatic carbocycles. The number of aryl methyl sites for hydroxylation is 2. The Hall–Kier alpha value is -5.15. The average Bonchev–Trinajstić information content (AvgIpc) is 3.58. The first-order chi connectivity index (χ1) is 22.8. The number of fused-ring (bicyclic) bond motifs is 2. The van der Waals surface area contributed by atoms with Gasteiger partial charge in [0.25, 0.3) is 0 Å². The minimum atomic E-state index is -1.01. The maximum absolute atomic E-state index is 13.1. The van der Waals surface area contributed by atoms with E-state index < -0.39 is 12.1 Å². The highest BCUT2D eigenvalue weighted by Crippen LogP contribution is 2.51. The number of amidine groups is 1. The zero-order chi connectivity index (χ0) is 33.1. The summed E-state index contributed by atoms with van der Waals surface area (Å²) in [4.78, 5) is 23.6. The number of rotatable bonds is 12. The number of aliphatic imine (C=N–C) groups is 1. The van der Waals surface area contributed by atoms with Crippen molar-refractivity contribution in [3.05, 3.63) is 102 Å². The second-order valence-corrected chi connectivity index (χ2v) is 11.7.